The molecule has 0 saturated heterocycles. The number of carbonyl (C=O) groups is 1. The molecule has 0 fully saturated rings. The van der Waals surface area contributed by atoms with Crippen LogP contribution in [-0.4, -0.2) is 25.7 Å². The molecule has 0 aliphatic rings. The van der Waals surface area contributed by atoms with Crippen molar-refractivity contribution >= 4 is 23.2 Å². The molecule has 6 heteroatoms. The number of carboxylic acids is 1. The summed E-state index contributed by atoms with van der Waals surface area (Å²) in [5, 5.41) is 12.7. The maximum Gasteiger partial charge on any atom is 0.342 e. The van der Waals surface area contributed by atoms with Gasteiger partial charge >= 0.3 is 5.97 Å². The smallest absolute Gasteiger partial charge is 0.342 e. The van der Waals surface area contributed by atoms with E-state index in [-0.39, 0.29) is 16.4 Å². The number of carboxylic acid groups (broad SMARTS) is 1. The highest BCUT2D eigenvalue weighted by Crippen LogP contribution is 2.18. The second-order valence-electron chi connectivity index (χ2n) is 3.01. The van der Waals surface area contributed by atoms with Crippen LogP contribution in [0.2, 0.25) is 5.15 Å². The van der Waals surface area contributed by atoms with E-state index in [1.54, 1.807) is 12.3 Å². The summed E-state index contributed by atoms with van der Waals surface area (Å²) >= 11 is 5.71. The molecule has 0 aromatic carbocycles. The van der Waals surface area contributed by atoms with Crippen LogP contribution in [0.1, 0.15) is 23.0 Å². The van der Waals surface area contributed by atoms with Crippen molar-refractivity contribution in [3.8, 4) is 0 Å². The number of rotatable bonds is 2. The number of fused-ring (bicyclic) bond motifs is 1. The van der Waals surface area contributed by atoms with Gasteiger partial charge in [-0.05, 0) is 12.5 Å². The van der Waals surface area contributed by atoms with Crippen molar-refractivity contribution in [1.29, 1.82) is 0 Å². The fourth-order valence-electron chi connectivity index (χ4n) is 1.32. The molecule has 2 heterocycles. The summed E-state index contributed by atoms with van der Waals surface area (Å²) in [6.07, 6.45) is 2.39. The molecule has 0 saturated carbocycles. The summed E-state index contributed by atoms with van der Waals surface area (Å²) in [6.45, 7) is 1.94. The number of aryl methyl sites for hydroxylation is 1. The maximum atomic E-state index is 10.9. The molecule has 2 rings (SSSR count). The predicted molar refractivity (Wildman–Crippen MR) is 54.3 cm³/mol. The van der Waals surface area contributed by atoms with E-state index >= 15 is 0 Å². The first-order valence-electron chi connectivity index (χ1n) is 4.40. The van der Waals surface area contributed by atoms with Crippen molar-refractivity contribution in [3.05, 3.63) is 28.7 Å². The molecule has 0 radical (unpaired) electrons. The third-order valence-corrected chi connectivity index (χ3v) is 2.34. The van der Waals surface area contributed by atoms with Crippen molar-refractivity contribution in [2.45, 2.75) is 13.3 Å². The molecule has 0 aliphatic carbocycles. The Hall–Kier alpha value is -1.62. The van der Waals surface area contributed by atoms with E-state index in [9.17, 15) is 4.79 Å². The Balaban J connectivity index is 2.77. The summed E-state index contributed by atoms with van der Waals surface area (Å²) in [4.78, 5) is 15.1. The molecule has 0 spiro atoms. The molecule has 2 aromatic heterocycles. The van der Waals surface area contributed by atoms with Crippen LogP contribution in [0.3, 0.4) is 0 Å². The average molecular weight is 226 g/mol. The van der Waals surface area contributed by atoms with Crippen LogP contribution in [0, 0.1) is 0 Å². The van der Waals surface area contributed by atoms with Crippen LogP contribution in [0.25, 0.3) is 5.65 Å². The molecule has 5 nitrogen and oxygen atoms in total. The molecule has 2 aromatic rings. The van der Waals surface area contributed by atoms with Crippen LogP contribution in [-0.2, 0) is 6.42 Å². The summed E-state index contributed by atoms with van der Waals surface area (Å²) in [7, 11) is 0. The first-order valence-corrected chi connectivity index (χ1v) is 4.78. The Bertz CT molecular complexity index is 535. The van der Waals surface area contributed by atoms with Crippen molar-refractivity contribution in [1.82, 2.24) is 14.6 Å². The SMILES string of the molecule is CCc1ccn2nc(Cl)c(C(=O)O)c2n1. The van der Waals surface area contributed by atoms with Gasteiger partial charge in [0.1, 0.15) is 5.56 Å². The average Bonchev–Trinajstić information content (AvgIpc) is 2.52. The molecular weight excluding hydrogens is 218 g/mol. The largest absolute Gasteiger partial charge is 0.477 e. The highest BCUT2D eigenvalue weighted by molar-refractivity contribution is 6.33. The Morgan fingerprint density at radius 2 is 2.40 bits per heavy atom. The monoisotopic (exact) mass is 225 g/mol. The van der Waals surface area contributed by atoms with Crippen LogP contribution < -0.4 is 0 Å². The fraction of sp³-hybridized carbons (Fsp3) is 0.222. The van der Waals surface area contributed by atoms with E-state index < -0.39 is 5.97 Å². The van der Waals surface area contributed by atoms with E-state index in [2.05, 4.69) is 10.1 Å². The number of nitrogens with zero attached hydrogens (tertiary/aromatic N) is 3. The number of hydrogen-bond acceptors (Lipinski definition) is 3. The van der Waals surface area contributed by atoms with Crippen LogP contribution >= 0.6 is 11.6 Å². The summed E-state index contributed by atoms with van der Waals surface area (Å²) in [5.41, 5.74) is 1.04. The van der Waals surface area contributed by atoms with Gasteiger partial charge in [-0.15, -0.1) is 0 Å². The Kier molecular flexibility index (Phi) is 2.32. The number of aromatic nitrogens is 3. The normalized spacial score (nSPS) is 10.8. The Morgan fingerprint density at radius 3 is 3.00 bits per heavy atom. The standard InChI is InChI=1S/C9H8ClN3O2/c1-2-5-3-4-13-8(11-5)6(9(14)15)7(10)12-13/h3-4H,2H2,1H3,(H,14,15). The highest BCUT2D eigenvalue weighted by Gasteiger charge is 2.18. The molecule has 78 valence electrons. The van der Waals surface area contributed by atoms with Gasteiger partial charge < -0.3 is 5.11 Å². The Morgan fingerprint density at radius 1 is 1.67 bits per heavy atom. The first-order chi connectivity index (χ1) is 7.13. The zero-order chi connectivity index (χ0) is 11.0. The zero-order valence-corrected chi connectivity index (χ0v) is 8.69. The number of hydrogen-bond donors (Lipinski definition) is 1. The molecule has 0 amide bonds. The van der Waals surface area contributed by atoms with Crippen molar-refractivity contribution in [3.63, 3.8) is 0 Å². The second kappa shape index (κ2) is 3.51. The molecule has 0 aliphatic heterocycles. The highest BCUT2D eigenvalue weighted by atomic mass is 35.5. The molecule has 0 unspecified atom stereocenters. The number of halogens is 1. The van der Waals surface area contributed by atoms with Crippen molar-refractivity contribution < 1.29 is 9.90 Å². The summed E-state index contributed by atoms with van der Waals surface area (Å²) in [6, 6.07) is 1.78. The molecule has 0 bridgehead atoms. The van der Waals surface area contributed by atoms with Gasteiger partial charge in [-0.3, -0.25) is 0 Å². The van der Waals surface area contributed by atoms with E-state index in [1.807, 2.05) is 6.92 Å². The van der Waals surface area contributed by atoms with Gasteiger partial charge in [0.15, 0.2) is 10.8 Å². The minimum Gasteiger partial charge on any atom is -0.477 e. The second-order valence-corrected chi connectivity index (χ2v) is 3.37. The molecule has 0 atom stereocenters. The summed E-state index contributed by atoms with van der Waals surface area (Å²) < 4.78 is 1.37. The minimum atomic E-state index is -1.12. The van der Waals surface area contributed by atoms with Gasteiger partial charge in [0.05, 0.1) is 0 Å². The van der Waals surface area contributed by atoms with Crippen molar-refractivity contribution in [2.24, 2.45) is 0 Å². The maximum absolute atomic E-state index is 10.9. The van der Waals surface area contributed by atoms with Gasteiger partial charge in [0.2, 0.25) is 0 Å². The van der Waals surface area contributed by atoms with Crippen LogP contribution in [0.5, 0.6) is 0 Å². The van der Waals surface area contributed by atoms with Gasteiger partial charge in [-0.2, -0.15) is 5.10 Å². The van der Waals surface area contributed by atoms with Gasteiger partial charge in [-0.25, -0.2) is 14.3 Å². The quantitative estimate of drug-likeness (QED) is 0.844. The van der Waals surface area contributed by atoms with E-state index in [0.29, 0.717) is 0 Å². The molecule has 1 N–H and O–H groups in total. The lowest BCUT2D eigenvalue weighted by atomic mass is 10.3. The third kappa shape index (κ3) is 1.55. The van der Waals surface area contributed by atoms with Gasteiger partial charge in [0, 0.05) is 11.9 Å². The summed E-state index contributed by atoms with van der Waals surface area (Å²) in [5.74, 6) is -1.12. The van der Waals surface area contributed by atoms with Crippen molar-refractivity contribution in [2.75, 3.05) is 0 Å². The van der Waals surface area contributed by atoms with Gasteiger partial charge in [-0.1, -0.05) is 18.5 Å². The lowest BCUT2D eigenvalue weighted by molar-refractivity contribution is 0.0699. The molecular formula is C9H8ClN3O2. The van der Waals surface area contributed by atoms with Gasteiger partial charge in [0.25, 0.3) is 0 Å². The minimum absolute atomic E-state index is 0.0387. The lowest BCUT2D eigenvalue weighted by Gasteiger charge is -1.97. The number of aromatic carboxylic acids is 1. The Labute approximate surface area is 90.3 Å². The lowest BCUT2D eigenvalue weighted by Crippen LogP contribution is -1.99. The van der Waals surface area contributed by atoms with Crippen LogP contribution in [0.4, 0.5) is 0 Å². The third-order valence-electron chi connectivity index (χ3n) is 2.08. The zero-order valence-electron chi connectivity index (χ0n) is 7.94. The van der Waals surface area contributed by atoms with E-state index in [4.69, 9.17) is 16.7 Å². The first kappa shape index (κ1) is 9.92. The fourth-order valence-corrected chi connectivity index (χ4v) is 1.57. The van der Waals surface area contributed by atoms with Crippen LogP contribution in [0.15, 0.2) is 12.3 Å². The molecule has 15 heavy (non-hydrogen) atoms. The van der Waals surface area contributed by atoms with E-state index in [0.717, 1.165) is 12.1 Å². The predicted octanol–water partition coefficient (Wildman–Crippen LogP) is 1.64. The van der Waals surface area contributed by atoms with E-state index in [1.165, 1.54) is 4.52 Å². The topological polar surface area (TPSA) is 67.5 Å².